The van der Waals surface area contributed by atoms with Crippen LogP contribution in [0.5, 0.6) is 0 Å². The van der Waals surface area contributed by atoms with Gasteiger partial charge in [0, 0.05) is 18.9 Å². The summed E-state index contributed by atoms with van der Waals surface area (Å²) in [4.78, 5) is 13.0. The van der Waals surface area contributed by atoms with E-state index < -0.39 is 0 Å². The van der Waals surface area contributed by atoms with Crippen molar-refractivity contribution in [3.63, 3.8) is 0 Å². The molecule has 8 heteroatoms. The normalized spacial score (nSPS) is 12.1. The lowest BCUT2D eigenvalue weighted by Crippen LogP contribution is -2.25. The van der Waals surface area contributed by atoms with E-state index >= 15 is 0 Å². The van der Waals surface area contributed by atoms with Crippen LogP contribution in [-0.2, 0) is 0 Å². The molecule has 2 heterocycles. The van der Waals surface area contributed by atoms with Crippen molar-refractivity contribution in [1.29, 1.82) is 0 Å². The van der Waals surface area contributed by atoms with Crippen LogP contribution in [0.15, 0.2) is 18.5 Å². The summed E-state index contributed by atoms with van der Waals surface area (Å²) in [6.45, 7) is 4.86. The van der Waals surface area contributed by atoms with Gasteiger partial charge in [0.2, 0.25) is 11.9 Å². The number of hydrogen-bond donors (Lipinski definition) is 3. The highest BCUT2D eigenvalue weighted by Gasteiger charge is 2.11. The third-order valence-corrected chi connectivity index (χ3v) is 2.91. The highest BCUT2D eigenvalue weighted by molar-refractivity contribution is 5.38. The lowest BCUT2D eigenvalue weighted by molar-refractivity contribution is 0.271. The number of rotatable bonds is 8. The molecule has 8 nitrogen and oxygen atoms in total. The van der Waals surface area contributed by atoms with Crippen molar-refractivity contribution in [2.45, 2.75) is 32.7 Å². The minimum atomic E-state index is -0.0862. The number of hydrogen-bond acceptors (Lipinski definition) is 7. The average molecular weight is 291 g/mol. The van der Waals surface area contributed by atoms with Gasteiger partial charge in [0.15, 0.2) is 0 Å². The topological polar surface area (TPSA) is 101 Å². The van der Waals surface area contributed by atoms with Crippen molar-refractivity contribution in [2.24, 2.45) is 0 Å². The number of nitrogens with zero attached hydrogens (tertiary/aromatic N) is 5. The standard InChI is InChI=1S/C13H21N7O/c1-3-6-14-11-17-12(16-10(4-2)9-21)19-13(18-11)20-8-5-7-15-20/h5,7-8,10,21H,3-4,6,9H2,1-2H3,(H2,14,16,17,18,19). The molecule has 0 bridgehead atoms. The molecule has 0 aliphatic carbocycles. The van der Waals surface area contributed by atoms with Gasteiger partial charge in [0.05, 0.1) is 12.6 Å². The molecule has 1 unspecified atom stereocenters. The number of aromatic nitrogens is 5. The zero-order valence-electron chi connectivity index (χ0n) is 12.3. The van der Waals surface area contributed by atoms with Crippen LogP contribution >= 0.6 is 0 Å². The van der Waals surface area contributed by atoms with Gasteiger partial charge in [-0.3, -0.25) is 0 Å². The monoisotopic (exact) mass is 291 g/mol. The smallest absolute Gasteiger partial charge is 0.257 e. The Morgan fingerprint density at radius 1 is 1.24 bits per heavy atom. The Balaban J connectivity index is 2.28. The second kappa shape index (κ2) is 7.53. The molecule has 0 aromatic carbocycles. The van der Waals surface area contributed by atoms with Gasteiger partial charge in [-0.25, -0.2) is 4.68 Å². The molecule has 3 N–H and O–H groups in total. The molecule has 0 aliphatic heterocycles. The van der Waals surface area contributed by atoms with Crippen LogP contribution in [0.4, 0.5) is 11.9 Å². The van der Waals surface area contributed by atoms with Gasteiger partial charge < -0.3 is 15.7 Å². The molecule has 2 aromatic rings. The van der Waals surface area contributed by atoms with Gasteiger partial charge in [0.1, 0.15) is 0 Å². The van der Waals surface area contributed by atoms with Gasteiger partial charge in [-0.05, 0) is 18.9 Å². The van der Waals surface area contributed by atoms with Crippen molar-refractivity contribution in [2.75, 3.05) is 23.8 Å². The Bertz CT molecular complexity index is 539. The van der Waals surface area contributed by atoms with Gasteiger partial charge in [-0.1, -0.05) is 13.8 Å². The lowest BCUT2D eigenvalue weighted by atomic mass is 10.2. The van der Waals surface area contributed by atoms with Crippen LogP contribution in [0.1, 0.15) is 26.7 Å². The minimum Gasteiger partial charge on any atom is -0.394 e. The van der Waals surface area contributed by atoms with E-state index in [-0.39, 0.29) is 12.6 Å². The first-order valence-corrected chi connectivity index (χ1v) is 7.14. The van der Waals surface area contributed by atoms with Crippen LogP contribution in [0.3, 0.4) is 0 Å². The summed E-state index contributed by atoms with van der Waals surface area (Å²) in [7, 11) is 0. The van der Waals surface area contributed by atoms with Crippen molar-refractivity contribution < 1.29 is 5.11 Å². The lowest BCUT2D eigenvalue weighted by Gasteiger charge is -2.15. The van der Waals surface area contributed by atoms with Crippen LogP contribution in [0.25, 0.3) is 5.95 Å². The van der Waals surface area contributed by atoms with Crippen molar-refractivity contribution in [1.82, 2.24) is 24.7 Å². The molecule has 2 aromatic heterocycles. The van der Waals surface area contributed by atoms with E-state index in [1.54, 1.807) is 23.1 Å². The van der Waals surface area contributed by atoms with E-state index in [9.17, 15) is 5.11 Å². The number of anilines is 2. The summed E-state index contributed by atoms with van der Waals surface area (Å²) in [6.07, 6.45) is 5.18. The van der Waals surface area contributed by atoms with Crippen LogP contribution in [-0.4, -0.2) is 49.0 Å². The second-order valence-corrected chi connectivity index (χ2v) is 4.59. The Morgan fingerprint density at radius 2 is 2.05 bits per heavy atom. The molecule has 0 fully saturated rings. The van der Waals surface area contributed by atoms with E-state index in [4.69, 9.17) is 0 Å². The highest BCUT2D eigenvalue weighted by atomic mass is 16.3. The van der Waals surface area contributed by atoms with Gasteiger partial charge in [0.25, 0.3) is 5.95 Å². The number of aliphatic hydroxyl groups is 1. The predicted octanol–water partition coefficient (Wildman–Crippen LogP) is 1.06. The summed E-state index contributed by atoms with van der Waals surface area (Å²) >= 11 is 0. The largest absolute Gasteiger partial charge is 0.394 e. The minimum absolute atomic E-state index is 0.0248. The summed E-state index contributed by atoms with van der Waals surface area (Å²) in [6, 6.07) is 1.72. The second-order valence-electron chi connectivity index (χ2n) is 4.59. The van der Waals surface area contributed by atoms with E-state index in [0.29, 0.717) is 17.8 Å². The van der Waals surface area contributed by atoms with E-state index in [1.807, 2.05) is 6.92 Å². The molecule has 0 aliphatic rings. The Kier molecular flexibility index (Phi) is 5.44. The molecule has 0 spiro atoms. The molecule has 2 rings (SSSR count). The fraction of sp³-hybridized carbons (Fsp3) is 0.538. The summed E-state index contributed by atoms with van der Waals surface area (Å²) < 4.78 is 1.57. The first-order valence-electron chi connectivity index (χ1n) is 7.14. The molecular weight excluding hydrogens is 270 g/mol. The number of aliphatic hydroxyl groups excluding tert-OH is 1. The first kappa shape index (κ1) is 15.2. The maximum absolute atomic E-state index is 9.28. The van der Waals surface area contributed by atoms with Gasteiger partial charge in [-0.2, -0.15) is 20.1 Å². The Labute approximate surface area is 123 Å². The highest BCUT2D eigenvalue weighted by Crippen LogP contribution is 2.10. The summed E-state index contributed by atoms with van der Waals surface area (Å²) in [5.74, 6) is 1.35. The first-order chi connectivity index (χ1) is 10.3. The Hall–Kier alpha value is -2.22. The van der Waals surface area contributed by atoms with Crippen LogP contribution in [0.2, 0.25) is 0 Å². The zero-order chi connectivity index (χ0) is 15.1. The molecule has 21 heavy (non-hydrogen) atoms. The molecule has 0 saturated heterocycles. The fourth-order valence-electron chi connectivity index (χ4n) is 1.69. The molecule has 114 valence electrons. The maximum atomic E-state index is 9.28. The predicted molar refractivity (Wildman–Crippen MR) is 80.5 cm³/mol. The average Bonchev–Trinajstić information content (AvgIpc) is 3.05. The fourth-order valence-corrected chi connectivity index (χ4v) is 1.69. The SMILES string of the molecule is CCCNc1nc(NC(CC)CO)nc(-n2cccn2)n1. The third-order valence-electron chi connectivity index (χ3n) is 2.91. The molecule has 0 radical (unpaired) electrons. The Morgan fingerprint density at radius 3 is 2.67 bits per heavy atom. The van der Waals surface area contributed by atoms with Gasteiger partial charge >= 0.3 is 0 Å². The van der Waals surface area contributed by atoms with Crippen molar-refractivity contribution in [3.8, 4) is 5.95 Å². The van der Waals surface area contributed by atoms with Crippen LogP contribution in [0, 0.1) is 0 Å². The van der Waals surface area contributed by atoms with E-state index in [0.717, 1.165) is 19.4 Å². The maximum Gasteiger partial charge on any atom is 0.257 e. The quantitative estimate of drug-likeness (QED) is 0.668. The molecule has 0 saturated carbocycles. The molecule has 0 amide bonds. The molecular formula is C13H21N7O. The summed E-state index contributed by atoms with van der Waals surface area (Å²) in [5, 5.41) is 19.7. The van der Waals surface area contributed by atoms with Gasteiger partial charge in [-0.15, -0.1) is 0 Å². The van der Waals surface area contributed by atoms with Crippen molar-refractivity contribution >= 4 is 11.9 Å². The molecule has 1 atom stereocenters. The third kappa shape index (κ3) is 4.12. The zero-order valence-corrected chi connectivity index (χ0v) is 12.3. The number of nitrogens with one attached hydrogen (secondary N) is 2. The van der Waals surface area contributed by atoms with Crippen molar-refractivity contribution in [3.05, 3.63) is 18.5 Å². The van der Waals surface area contributed by atoms with E-state index in [2.05, 4.69) is 37.6 Å². The summed E-state index contributed by atoms with van der Waals surface area (Å²) in [5.41, 5.74) is 0. The van der Waals surface area contributed by atoms with E-state index in [1.165, 1.54) is 0 Å². The van der Waals surface area contributed by atoms with Crippen LogP contribution < -0.4 is 10.6 Å².